The van der Waals surface area contributed by atoms with Gasteiger partial charge in [-0.1, -0.05) is 38.3 Å². The lowest BCUT2D eigenvalue weighted by atomic mass is 10.1. The molecule has 0 fully saturated rings. The second-order valence-corrected chi connectivity index (χ2v) is 5.40. The number of benzene rings is 1. The van der Waals surface area contributed by atoms with E-state index in [4.69, 9.17) is 16.3 Å². The Balaban J connectivity index is 2.91. The van der Waals surface area contributed by atoms with Gasteiger partial charge in [0.15, 0.2) is 0 Å². The van der Waals surface area contributed by atoms with Crippen LogP contribution in [0, 0.1) is 6.92 Å². The number of anilines is 1. The molecule has 0 heterocycles. The minimum Gasteiger partial charge on any atom is -0.491 e. The van der Waals surface area contributed by atoms with Gasteiger partial charge >= 0.3 is 0 Å². The molecule has 0 bridgehead atoms. The molecule has 1 aromatic carbocycles. The van der Waals surface area contributed by atoms with E-state index in [9.17, 15) is 9.59 Å². The Morgan fingerprint density at radius 3 is 2.73 bits per heavy atom. The van der Waals surface area contributed by atoms with Crippen molar-refractivity contribution in [3.8, 4) is 5.75 Å². The quantitative estimate of drug-likeness (QED) is 0.374. The van der Waals surface area contributed by atoms with Gasteiger partial charge in [-0.05, 0) is 25.0 Å². The molecule has 0 saturated carbocycles. The first kappa shape index (κ1) is 18.5. The van der Waals surface area contributed by atoms with Crippen LogP contribution in [0.15, 0.2) is 18.2 Å². The lowest BCUT2D eigenvalue weighted by Crippen LogP contribution is -2.34. The molecule has 5 heteroatoms. The minimum absolute atomic E-state index is 0.0252. The van der Waals surface area contributed by atoms with Gasteiger partial charge in [-0.25, -0.2) is 0 Å². The van der Waals surface area contributed by atoms with Crippen LogP contribution in [-0.2, 0) is 9.59 Å². The third-order valence-electron chi connectivity index (χ3n) is 3.40. The van der Waals surface area contributed by atoms with Crippen molar-refractivity contribution in [2.75, 3.05) is 23.9 Å². The maximum atomic E-state index is 12.0. The smallest absolute Gasteiger partial charge is 0.242 e. The van der Waals surface area contributed by atoms with E-state index < -0.39 is 0 Å². The molecule has 0 N–H and O–H groups in total. The molecular weight excluding hydrogens is 302 g/mol. The van der Waals surface area contributed by atoms with Crippen LogP contribution in [0.25, 0.3) is 0 Å². The number of nitrogens with zero attached hydrogens (tertiary/aromatic N) is 1. The number of amides is 1. The van der Waals surface area contributed by atoms with E-state index in [2.05, 4.69) is 6.92 Å². The SMILES string of the molecule is CCCCCCOc1cccc(C)c1N(CC=O)C(=O)CCl. The summed E-state index contributed by atoms with van der Waals surface area (Å²) in [7, 11) is 0. The van der Waals surface area contributed by atoms with Crippen LogP contribution in [0.1, 0.15) is 38.2 Å². The first-order valence-corrected chi connectivity index (χ1v) is 8.21. The Hall–Kier alpha value is -1.55. The number of hydrogen-bond donors (Lipinski definition) is 0. The molecule has 1 aromatic rings. The van der Waals surface area contributed by atoms with E-state index in [-0.39, 0.29) is 18.3 Å². The normalized spacial score (nSPS) is 10.3. The molecule has 22 heavy (non-hydrogen) atoms. The maximum absolute atomic E-state index is 12.0. The molecule has 0 atom stereocenters. The van der Waals surface area contributed by atoms with E-state index in [1.165, 1.54) is 17.7 Å². The van der Waals surface area contributed by atoms with E-state index in [0.29, 0.717) is 24.3 Å². The molecule has 0 spiro atoms. The zero-order chi connectivity index (χ0) is 16.4. The fourth-order valence-corrected chi connectivity index (χ4v) is 2.41. The van der Waals surface area contributed by atoms with Gasteiger partial charge in [-0.2, -0.15) is 0 Å². The lowest BCUT2D eigenvalue weighted by Gasteiger charge is -2.24. The van der Waals surface area contributed by atoms with Crippen LogP contribution >= 0.6 is 11.6 Å². The zero-order valence-corrected chi connectivity index (χ0v) is 14.1. The number of rotatable bonds is 10. The first-order chi connectivity index (χ1) is 10.7. The summed E-state index contributed by atoms with van der Waals surface area (Å²) in [6.07, 6.45) is 5.15. The van der Waals surface area contributed by atoms with Crippen LogP contribution in [0.5, 0.6) is 5.75 Å². The average molecular weight is 326 g/mol. The first-order valence-electron chi connectivity index (χ1n) is 7.68. The Labute approximate surface area is 137 Å². The van der Waals surface area contributed by atoms with Crippen molar-refractivity contribution in [1.29, 1.82) is 0 Å². The number of carbonyl (C=O) groups is 2. The summed E-state index contributed by atoms with van der Waals surface area (Å²) in [5.41, 5.74) is 1.52. The average Bonchev–Trinajstić information content (AvgIpc) is 2.52. The maximum Gasteiger partial charge on any atom is 0.242 e. The van der Waals surface area contributed by atoms with Crippen molar-refractivity contribution in [2.45, 2.75) is 39.5 Å². The van der Waals surface area contributed by atoms with Crippen molar-refractivity contribution in [2.24, 2.45) is 0 Å². The van der Waals surface area contributed by atoms with Crippen molar-refractivity contribution in [1.82, 2.24) is 0 Å². The summed E-state index contributed by atoms with van der Waals surface area (Å²) in [5.74, 6) is 0.147. The monoisotopic (exact) mass is 325 g/mol. The number of aldehydes is 1. The van der Waals surface area contributed by atoms with Gasteiger partial charge in [0.1, 0.15) is 17.9 Å². The molecule has 0 aliphatic rings. The number of para-hydroxylation sites is 1. The second kappa shape index (κ2) is 10.2. The van der Waals surface area contributed by atoms with Crippen LogP contribution in [0.4, 0.5) is 5.69 Å². The number of ether oxygens (including phenoxy) is 1. The predicted octanol–water partition coefficient (Wildman–Crippen LogP) is 3.72. The number of hydrogen-bond acceptors (Lipinski definition) is 3. The molecule has 0 unspecified atom stereocenters. The summed E-state index contributed by atoms with van der Waals surface area (Å²) in [6, 6.07) is 5.59. The Morgan fingerprint density at radius 2 is 2.09 bits per heavy atom. The number of alkyl halides is 1. The third kappa shape index (κ3) is 5.34. The number of halogens is 1. The highest BCUT2D eigenvalue weighted by molar-refractivity contribution is 6.29. The highest BCUT2D eigenvalue weighted by atomic mass is 35.5. The van der Waals surface area contributed by atoms with E-state index in [0.717, 1.165) is 18.4 Å². The molecular formula is C17H24ClNO3. The fraction of sp³-hybridized carbons (Fsp3) is 0.529. The lowest BCUT2D eigenvalue weighted by molar-refractivity contribution is -0.117. The molecule has 0 aliphatic heterocycles. The highest BCUT2D eigenvalue weighted by Gasteiger charge is 2.20. The molecule has 4 nitrogen and oxygen atoms in total. The molecule has 0 radical (unpaired) electrons. The predicted molar refractivity (Wildman–Crippen MR) is 90.0 cm³/mol. The van der Waals surface area contributed by atoms with E-state index in [1.54, 1.807) is 0 Å². The largest absolute Gasteiger partial charge is 0.491 e. The van der Waals surface area contributed by atoms with Gasteiger partial charge in [0.05, 0.1) is 18.8 Å². The summed E-state index contributed by atoms with van der Waals surface area (Å²) in [6.45, 7) is 4.62. The van der Waals surface area contributed by atoms with Crippen molar-refractivity contribution < 1.29 is 14.3 Å². The molecule has 1 amide bonds. The van der Waals surface area contributed by atoms with E-state index in [1.807, 2.05) is 25.1 Å². The Bertz CT molecular complexity index is 491. The summed E-state index contributed by atoms with van der Waals surface area (Å²) in [4.78, 5) is 24.3. The van der Waals surface area contributed by atoms with Crippen LogP contribution in [-0.4, -0.2) is 31.2 Å². The van der Waals surface area contributed by atoms with Crippen molar-refractivity contribution >= 4 is 29.5 Å². The van der Waals surface area contributed by atoms with Crippen molar-refractivity contribution in [3.05, 3.63) is 23.8 Å². The summed E-state index contributed by atoms with van der Waals surface area (Å²) >= 11 is 5.65. The van der Waals surface area contributed by atoms with Crippen LogP contribution in [0.2, 0.25) is 0 Å². The Kier molecular flexibility index (Phi) is 8.60. The molecule has 0 saturated heterocycles. The highest BCUT2D eigenvalue weighted by Crippen LogP contribution is 2.32. The molecule has 0 aromatic heterocycles. The van der Waals surface area contributed by atoms with Crippen LogP contribution < -0.4 is 9.64 Å². The molecule has 0 aliphatic carbocycles. The van der Waals surface area contributed by atoms with Gasteiger partial charge in [-0.3, -0.25) is 4.79 Å². The van der Waals surface area contributed by atoms with Gasteiger partial charge in [0.25, 0.3) is 0 Å². The van der Waals surface area contributed by atoms with Crippen LogP contribution in [0.3, 0.4) is 0 Å². The summed E-state index contributed by atoms with van der Waals surface area (Å²) < 4.78 is 5.83. The molecule has 122 valence electrons. The van der Waals surface area contributed by atoms with Gasteiger partial charge in [0, 0.05) is 0 Å². The summed E-state index contributed by atoms with van der Waals surface area (Å²) in [5, 5.41) is 0. The number of aryl methyl sites for hydroxylation is 1. The minimum atomic E-state index is -0.307. The standard InChI is InChI=1S/C17H24ClNO3/c1-3-4-5-6-12-22-15-9-7-8-14(2)17(15)19(10-11-20)16(21)13-18/h7-9,11H,3-6,10,12-13H2,1-2H3. The zero-order valence-electron chi connectivity index (χ0n) is 13.3. The van der Waals surface area contributed by atoms with E-state index >= 15 is 0 Å². The molecule has 1 rings (SSSR count). The van der Waals surface area contributed by atoms with Crippen molar-refractivity contribution in [3.63, 3.8) is 0 Å². The number of carbonyl (C=O) groups excluding carboxylic acids is 2. The van der Waals surface area contributed by atoms with Gasteiger partial charge < -0.3 is 14.4 Å². The fourth-order valence-electron chi connectivity index (χ4n) is 2.27. The second-order valence-electron chi connectivity index (χ2n) is 5.14. The Morgan fingerprint density at radius 1 is 1.32 bits per heavy atom. The van der Waals surface area contributed by atoms with Gasteiger partial charge in [-0.15, -0.1) is 11.6 Å². The van der Waals surface area contributed by atoms with Gasteiger partial charge in [0.2, 0.25) is 5.91 Å². The third-order valence-corrected chi connectivity index (χ3v) is 3.63. The number of unbranched alkanes of at least 4 members (excludes halogenated alkanes) is 3. The topological polar surface area (TPSA) is 46.6 Å².